The van der Waals surface area contributed by atoms with Gasteiger partial charge in [0.1, 0.15) is 0 Å². The molecule has 3 N–H and O–H groups in total. The molecule has 1 rings (SSSR count). The van der Waals surface area contributed by atoms with Gasteiger partial charge in [0.05, 0.1) is 0 Å². The Hall–Kier alpha value is -0.120. The van der Waals surface area contributed by atoms with Crippen LogP contribution in [0.5, 0.6) is 0 Å². The molecular formula is C4H10N3. The van der Waals surface area contributed by atoms with Gasteiger partial charge in [-0.15, -0.1) is 0 Å². The van der Waals surface area contributed by atoms with Gasteiger partial charge in [-0.1, -0.05) is 0 Å². The molecule has 0 spiro atoms. The van der Waals surface area contributed by atoms with Crippen LogP contribution in [0, 0.1) is 6.29 Å². The Kier molecular flexibility index (Phi) is 1.62. The summed E-state index contributed by atoms with van der Waals surface area (Å²) < 4.78 is 0. The van der Waals surface area contributed by atoms with Crippen LogP contribution in [0.15, 0.2) is 0 Å². The molecule has 0 saturated carbocycles. The molecule has 0 bridgehead atoms. The summed E-state index contributed by atoms with van der Waals surface area (Å²) in [6, 6.07) is 0. The summed E-state index contributed by atoms with van der Waals surface area (Å²) in [6.45, 7) is 2.08. The van der Waals surface area contributed by atoms with Crippen LogP contribution in [-0.2, 0) is 0 Å². The predicted molar refractivity (Wildman–Crippen MR) is 28.3 cm³/mol. The fourth-order valence-corrected chi connectivity index (χ4v) is 0.614. The summed E-state index contributed by atoms with van der Waals surface area (Å²) in [5, 5.41) is 9.16. The van der Waals surface area contributed by atoms with Gasteiger partial charge in [-0.25, -0.2) is 0 Å². The fraction of sp³-hybridized carbons (Fsp3) is 0.750. The van der Waals surface area contributed by atoms with Crippen molar-refractivity contribution in [3.63, 3.8) is 0 Å². The van der Waals surface area contributed by atoms with Crippen LogP contribution in [0.1, 0.15) is 0 Å². The van der Waals surface area contributed by atoms with E-state index < -0.39 is 0 Å². The van der Waals surface area contributed by atoms with Gasteiger partial charge in [-0.3, -0.25) is 16.0 Å². The van der Waals surface area contributed by atoms with Gasteiger partial charge < -0.3 is 0 Å². The summed E-state index contributed by atoms with van der Waals surface area (Å²) in [5.41, 5.74) is 0. The molecule has 0 unspecified atom stereocenters. The van der Waals surface area contributed by atoms with Crippen molar-refractivity contribution in [1.82, 2.24) is 16.0 Å². The first-order chi connectivity index (χ1) is 3.43. The van der Waals surface area contributed by atoms with Crippen molar-refractivity contribution in [1.29, 1.82) is 0 Å². The molecule has 3 heteroatoms. The van der Waals surface area contributed by atoms with Crippen LogP contribution in [0.4, 0.5) is 0 Å². The Morgan fingerprint density at radius 3 is 2.29 bits per heavy atom. The van der Waals surface area contributed by atoms with Gasteiger partial charge in [-0.05, 0) is 7.05 Å². The van der Waals surface area contributed by atoms with Crippen LogP contribution in [0.25, 0.3) is 0 Å². The molecule has 7 heavy (non-hydrogen) atoms. The molecule has 0 amide bonds. The molecule has 1 radical (unpaired) electrons. The SMILES string of the molecule is CN[C]1NCCN1. The minimum Gasteiger partial charge on any atom is -0.286 e. The highest BCUT2D eigenvalue weighted by atomic mass is 15.3. The van der Waals surface area contributed by atoms with Gasteiger partial charge in [0, 0.05) is 13.1 Å². The number of rotatable bonds is 1. The van der Waals surface area contributed by atoms with E-state index in [1.54, 1.807) is 0 Å². The maximum atomic E-state index is 3.10. The molecule has 1 aliphatic rings. The van der Waals surface area contributed by atoms with E-state index in [-0.39, 0.29) is 0 Å². The smallest absolute Gasteiger partial charge is 0.170 e. The Balaban J connectivity index is 2.14. The molecule has 1 fully saturated rings. The molecule has 1 aliphatic heterocycles. The zero-order chi connectivity index (χ0) is 5.11. The van der Waals surface area contributed by atoms with E-state index >= 15 is 0 Å². The van der Waals surface area contributed by atoms with E-state index in [2.05, 4.69) is 16.0 Å². The van der Waals surface area contributed by atoms with Crippen LogP contribution >= 0.6 is 0 Å². The normalized spacial score (nSPS) is 23.6. The highest BCUT2D eigenvalue weighted by Crippen LogP contribution is 1.84. The summed E-state index contributed by atoms with van der Waals surface area (Å²) in [4.78, 5) is 0. The van der Waals surface area contributed by atoms with Gasteiger partial charge in [0.15, 0.2) is 6.29 Å². The molecule has 0 aromatic heterocycles. The topological polar surface area (TPSA) is 36.1 Å². The molecule has 1 saturated heterocycles. The quantitative estimate of drug-likeness (QED) is 0.389. The molecule has 0 aliphatic carbocycles. The maximum absolute atomic E-state index is 3.10. The van der Waals surface area contributed by atoms with Crippen molar-refractivity contribution < 1.29 is 0 Å². The first kappa shape index (κ1) is 5.03. The molecule has 3 nitrogen and oxygen atoms in total. The van der Waals surface area contributed by atoms with Gasteiger partial charge in [-0.2, -0.15) is 0 Å². The average molecular weight is 100 g/mol. The Bertz CT molecular complexity index is 48.9. The van der Waals surface area contributed by atoms with E-state index in [9.17, 15) is 0 Å². The van der Waals surface area contributed by atoms with E-state index in [4.69, 9.17) is 0 Å². The van der Waals surface area contributed by atoms with Crippen molar-refractivity contribution in [2.75, 3.05) is 20.1 Å². The Morgan fingerprint density at radius 1 is 1.43 bits per heavy atom. The number of hydrogen-bond acceptors (Lipinski definition) is 3. The monoisotopic (exact) mass is 100 g/mol. The highest BCUT2D eigenvalue weighted by molar-refractivity contribution is 4.84. The molecule has 1 heterocycles. The molecule has 41 valence electrons. The molecule has 0 aromatic rings. The third kappa shape index (κ3) is 1.12. The summed E-state index contributed by atoms with van der Waals surface area (Å²) in [6.07, 6.45) is 1.04. The average Bonchev–Trinajstić information content (AvgIpc) is 2.14. The van der Waals surface area contributed by atoms with Crippen LogP contribution < -0.4 is 16.0 Å². The fourth-order valence-electron chi connectivity index (χ4n) is 0.614. The lowest BCUT2D eigenvalue weighted by atomic mass is 10.7. The minimum atomic E-state index is 1.04. The first-order valence-electron chi connectivity index (χ1n) is 2.46. The number of nitrogens with one attached hydrogen (secondary N) is 3. The van der Waals surface area contributed by atoms with Crippen LogP contribution in [0.2, 0.25) is 0 Å². The lowest BCUT2D eigenvalue weighted by Gasteiger charge is -2.03. The van der Waals surface area contributed by atoms with Gasteiger partial charge in [0.2, 0.25) is 0 Å². The summed E-state index contributed by atoms with van der Waals surface area (Å²) >= 11 is 0. The van der Waals surface area contributed by atoms with Crippen molar-refractivity contribution >= 4 is 0 Å². The first-order valence-corrected chi connectivity index (χ1v) is 2.46. The maximum Gasteiger partial charge on any atom is 0.170 e. The van der Waals surface area contributed by atoms with E-state index in [1.165, 1.54) is 0 Å². The zero-order valence-electron chi connectivity index (χ0n) is 4.41. The van der Waals surface area contributed by atoms with E-state index in [0.717, 1.165) is 19.4 Å². The highest BCUT2D eigenvalue weighted by Gasteiger charge is 2.09. The minimum absolute atomic E-state index is 1.04. The largest absolute Gasteiger partial charge is 0.286 e. The van der Waals surface area contributed by atoms with Crippen molar-refractivity contribution in [2.45, 2.75) is 0 Å². The standard InChI is InChI=1S/C4H10N3/c1-5-4-6-2-3-7-4/h5-7H,2-3H2,1H3. The predicted octanol–water partition coefficient (Wildman–Crippen LogP) is -1.15. The molecular weight excluding hydrogens is 90.1 g/mol. The zero-order valence-corrected chi connectivity index (χ0v) is 4.41. The Labute approximate surface area is 43.5 Å². The lowest BCUT2D eigenvalue weighted by molar-refractivity contribution is 0.643. The van der Waals surface area contributed by atoms with Crippen molar-refractivity contribution in [3.05, 3.63) is 6.29 Å². The van der Waals surface area contributed by atoms with Crippen LogP contribution in [-0.4, -0.2) is 20.1 Å². The second kappa shape index (κ2) is 2.26. The second-order valence-corrected chi connectivity index (χ2v) is 1.48. The van der Waals surface area contributed by atoms with Gasteiger partial charge >= 0.3 is 0 Å². The Morgan fingerprint density at radius 2 is 2.00 bits per heavy atom. The van der Waals surface area contributed by atoms with E-state index in [0.29, 0.717) is 0 Å². The van der Waals surface area contributed by atoms with E-state index in [1.807, 2.05) is 7.05 Å². The third-order valence-corrected chi connectivity index (χ3v) is 0.979. The third-order valence-electron chi connectivity index (χ3n) is 0.979. The van der Waals surface area contributed by atoms with Crippen molar-refractivity contribution in [3.8, 4) is 0 Å². The number of hydrogen-bond donors (Lipinski definition) is 3. The summed E-state index contributed by atoms with van der Waals surface area (Å²) in [7, 11) is 1.89. The lowest BCUT2D eigenvalue weighted by Crippen LogP contribution is -2.33. The molecule has 0 aromatic carbocycles. The van der Waals surface area contributed by atoms with Gasteiger partial charge in [0.25, 0.3) is 0 Å². The molecule has 0 atom stereocenters. The summed E-state index contributed by atoms with van der Waals surface area (Å²) in [5.74, 6) is 0. The second-order valence-electron chi connectivity index (χ2n) is 1.48. The van der Waals surface area contributed by atoms with Crippen molar-refractivity contribution in [2.24, 2.45) is 0 Å². The van der Waals surface area contributed by atoms with Crippen LogP contribution in [0.3, 0.4) is 0 Å².